The van der Waals surface area contributed by atoms with Crippen LogP contribution in [0.25, 0.3) is 0 Å². The maximum Gasteiger partial charge on any atom is 0.326 e. The molecule has 0 saturated carbocycles. The van der Waals surface area contributed by atoms with Crippen molar-refractivity contribution in [2.75, 3.05) is 29.2 Å². The number of nitro groups is 1. The van der Waals surface area contributed by atoms with Crippen molar-refractivity contribution in [3.63, 3.8) is 0 Å². The minimum Gasteiger partial charge on any atom is -0.354 e. The van der Waals surface area contributed by atoms with Crippen molar-refractivity contribution in [2.24, 2.45) is 5.41 Å². The van der Waals surface area contributed by atoms with Crippen LogP contribution >= 0.6 is 11.6 Å². The number of urea groups is 1. The molecule has 0 aliphatic carbocycles. The lowest BCUT2D eigenvalue weighted by Crippen LogP contribution is -2.44. The van der Waals surface area contributed by atoms with E-state index in [0.29, 0.717) is 11.4 Å². The lowest BCUT2D eigenvalue weighted by molar-refractivity contribution is -0.384. The van der Waals surface area contributed by atoms with Crippen molar-refractivity contribution in [2.45, 2.75) is 13.8 Å². The largest absolute Gasteiger partial charge is 0.354 e. The Balaban J connectivity index is 2.12. The van der Waals surface area contributed by atoms with Gasteiger partial charge in [-0.25, -0.2) is 9.18 Å². The molecule has 2 aromatic carbocycles. The number of nitrogens with one attached hydrogen (secondary N) is 2. The molecule has 2 aromatic rings. The van der Waals surface area contributed by atoms with Gasteiger partial charge in [-0.1, -0.05) is 0 Å². The molecular weight excluding hydrogens is 415 g/mol. The zero-order valence-electron chi connectivity index (χ0n) is 16.5. The number of carbonyl (C=O) groups is 2. The molecule has 10 heteroatoms. The topological polar surface area (TPSA) is 105 Å². The summed E-state index contributed by atoms with van der Waals surface area (Å²) >= 11 is 5.80. The summed E-state index contributed by atoms with van der Waals surface area (Å²) in [6.07, 6.45) is 0. The van der Waals surface area contributed by atoms with Gasteiger partial charge in [-0.2, -0.15) is 0 Å². The fourth-order valence-electron chi connectivity index (χ4n) is 2.41. The van der Waals surface area contributed by atoms with Crippen LogP contribution in [0.4, 0.5) is 26.2 Å². The van der Waals surface area contributed by atoms with Crippen LogP contribution in [-0.4, -0.2) is 35.8 Å². The van der Waals surface area contributed by atoms with Gasteiger partial charge >= 0.3 is 6.03 Å². The van der Waals surface area contributed by atoms with E-state index >= 15 is 0 Å². The number of hydrogen-bond donors (Lipinski definition) is 2. The molecule has 30 heavy (non-hydrogen) atoms. The van der Waals surface area contributed by atoms with E-state index in [4.69, 9.17) is 11.6 Å². The predicted molar refractivity (Wildman–Crippen MR) is 113 cm³/mol. The summed E-state index contributed by atoms with van der Waals surface area (Å²) in [6, 6.07) is 10.1. The van der Waals surface area contributed by atoms with Crippen LogP contribution in [0.1, 0.15) is 13.8 Å². The van der Waals surface area contributed by atoms with Gasteiger partial charge < -0.3 is 10.6 Å². The van der Waals surface area contributed by atoms with Crippen LogP contribution in [0.3, 0.4) is 0 Å². The number of halogens is 2. The average molecular weight is 437 g/mol. The van der Waals surface area contributed by atoms with E-state index in [1.165, 1.54) is 53.4 Å². The molecule has 0 heterocycles. The number of amides is 3. The van der Waals surface area contributed by atoms with Crippen molar-refractivity contribution in [1.29, 1.82) is 0 Å². The van der Waals surface area contributed by atoms with Crippen LogP contribution in [0.2, 0.25) is 0 Å². The van der Waals surface area contributed by atoms with Gasteiger partial charge in [0.25, 0.3) is 5.69 Å². The maximum absolute atomic E-state index is 13.3. The van der Waals surface area contributed by atoms with Gasteiger partial charge in [0, 0.05) is 42.5 Å². The standard InChI is InChI=1S/C20H22ClFN4O4/c1-20(2,13-21)18(27)23-11-12-25(16-7-3-14(22)4-8-16)19(28)24-15-5-9-17(10-6-15)26(29)30/h3-10H,11-13H2,1-2H3,(H,23,27)(H,24,28). The van der Waals surface area contributed by atoms with Crippen molar-refractivity contribution in [1.82, 2.24) is 5.32 Å². The minimum atomic E-state index is -0.761. The summed E-state index contributed by atoms with van der Waals surface area (Å²) in [6.45, 7) is 3.65. The molecule has 160 valence electrons. The first kappa shape index (κ1) is 23.1. The second-order valence-corrected chi connectivity index (χ2v) is 7.40. The Bertz CT molecular complexity index is 904. The van der Waals surface area contributed by atoms with E-state index in [9.17, 15) is 24.1 Å². The smallest absolute Gasteiger partial charge is 0.326 e. The van der Waals surface area contributed by atoms with Gasteiger partial charge in [-0.3, -0.25) is 19.8 Å². The highest BCUT2D eigenvalue weighted by Gasteiger charge is 2.26. The Morgan fingerprint density at radius 3 is 2.27 bits per heavy atom. The fraction of sp³-hybridized carbons (Fsp3) is 0.300. The Morgan fingerprint density at radius 1 is 1.13 bits per heavy atom. The third kappa shape index (κ3) is 6.15. The Hall–Kier alpha value is -3.20. The number of carbonyl (C=O) groups excluding carboxylic acids is 2. The first-order valence-electron chi connectivity index (χ1n) is 9.07. The first-order chi connectivity index (χ1) is 14.1. The van der Waals surface area contributed by atoms with Gasteiger partial charge in [0.15, 0.2) is 0 Å². The molecule has 2 rings (SSSR count). The van der Waals surface area contributed by atoms with Gasteiger partial charge in [-0.05, 0) is 50.2 Å². The number of non-ortho nitro benzene ring substituents is 1. The van der Waals surface area contributed by atoms with E-state index in [1.54, 1.807) is 13.8 Å². The molecule has 0 unspecified atom stereocenters. The molecular formula is C20H22ClFN4O4. The summed E-state index contributed by atoms with van der Waals surface area (Å²) in [7, 11) is 0. The van der Waals surface area contributed by atoms with Crippen molar-refractivity contribution in [3.8, 4) is 0 Å². The van der Waals surface area contributed by atoms with Crippen LogP contribution < -0.4 is 15.5 Å². The number of hydrogen-bond acceptors (Lipinski definition) is 4. The zero-order valence-corrected chi connectivity index (χ0v) is 17.3. The van der Waals surface area contributed by atoms with Crippen LogP contribution in [0, 0.1) is 21.3 Å². The second-order valence-electron chi connectivity index (χ2n) is 7.14. The number of benzene rings is 2. The van der Waals surface area contributed by atoms with E-state index in [0.717, 1.165) is 0 Å². The van der Waals surface area contributed by atoms with Gasteiger partial charge in [0.05, 0.1) is 10.3 Å². The number of anilines is 2. The SMILES string of the molecule is CC(C)(CCl)C(=O)NCCN(C(=O)Nc1ccc([N+](=O)[O-])cc1)c1ccc(F)cc1. The van der Waals surface area contributed by atoms with Crippen LogP contribution in [-0.2, 0) is 4.79 Å². The van der Waals surface area contributed by atoms with Crippen molar-refractivity contribution < 1.29 is 18.9 Å². The Morgan fingerprint density at radius 2 is 1.73 bits per heavy atom. The lowest BCUT2D eigenvalue weighted by atomic mass is 9.95. The van der Waals surface area contributed by atoms with Crippen molar-refractivity contribution in [3.05, 3.63) is 64.5 Å². The van der Waals surface area contributed by atoms with Crippen LogP contribution in [0.5, 0.6) is 0 Å². The molecule has 0 spiro atoms. The Labute approximate surface area is 178 Å². The zero-order chi connectivity index (χ0) is 22.3. The van der Waals surface area contributed by atoms with Crippen molar-refractivity contribution >= 4 is 40.6 Å². The third-order valence-electron chi connectivity index (χ3n) is 4.28. The van der Waals surface area contributed by atoms with E-state index in [1.807, 2.05) is 0 Å². The van der Waals surface area contributed by atoms with Crippen LogP contribution in [0.15, 0.2) is 48.5 Å². The monoisotopic (exact) mass is 436 g/mol. The fourth-order valence-corrected chi connectivity index (χ4v) is 2.53. The molecule has 0 fully saturated rings. The summed E-state index contributed by atoms with van der Waals surface area (Å²) in [5.41, 5.74) is -0.0943. The molecule has 2 N–H and O–H groups in total. The van der Waals surface area contributed by atoms with E-state index in [-0.39, 0.29) is 30.6 Å². The highest BCUT2D eigenvalue weighted by Crippen LogP contribution is 2.20. The molecule has 8 nitrogen and oxygen atoms in total. The predicted octanol–water partition coefficient (Wildman–Crippen LogP) is 4.15. The van der Waals surface area contributed by atoms with Gasteiger partial charge in [-0.15, -0.1) is 11.6 Å². The maximum atomic E-state index is 13.3. The highest BCUT2D eigenvalue weighted by atomic mass is 35.5. The summed E-state index contributed by atoms with van der Waals surface area (Å²) in [4.78, 5) is 36.5. The quantitative estimate of drug-likeness (QED) is 0.368. The first-order valence-corrected chi connectivity index (χ1v) is 9.60. The molecule has 3 amide bonds. The van der Waals surface area contributed by atoms with E-state index < -0.39 is 22.2 Å². The molecule has 0 aromatic heterocycles. The number of rotatable bonds is 8. The van der Waals surface area contributed by atoms with E-state index in [2.05, 4.69) is 10.6 Å². The minimum absolute atomic E-state index is 0.104. The molecule has 0 saturated heterocycles. The van der Waals surface area contributed by atoms with Gasteiger partial charge in [0.2, 0.25) is 5.91 Å². The summed E-state index contributed by atoms with van der Waals surface area (Å²) in [5, 5.41) is 16.1. The highest BCUT2D eigenvalue weighted by molar-refractivity contribution is 6.19. The van der Waals surface area contributed by atoms with Gasteiger partial charge in [0.1, 0.15) is 5.82 Å². The number of nitrogens with zero attached hydrogens (tertiary/aromatic N) is 2. The second kappa shape index (κ2) is 10.0. The normalized spacial score (nSPS) is 10.9. The molecule has 0 aliphatic rings. The number of nitro benzene ring substituents is 1. The molecule has 0 bridgehead atoms. The Kier molecular flexibility index (Phi) is 7.71. The third-order valence-corrected chi connectivity index (χ3v) is 4.95. The lowest BCUT2D eigenvalue weighted by Gasteiger charge is -2.25. The summed E-state index contributed by atoms with van der Waals surface area (Å²) in [5.74, 6) is -0.569. The number of alkyl halides is 1. The molecule has 0 radical (unpaired) electrons. The average Bonchev–Trinajstić information content (AvgIpc) is 2.72. The summed E-state index contributed by atoms with van der Waals surface area (Å²) < 4.78 is 13.3. The molecule has 0 aliphatic heterocycles. The molecule has 0 atom stereocenters.